The van der Waals surface area contributed by atoms with Crippen LogP contribution in [0.5, 0.6) is 0 Å². The smallest absolute Gasteiger partial charge is 0.256 e. The van der Waals surface area contributed by atoms with Crippen LogP contribution in [0.15, 0.2) is 54.1 Å². The number of carbonyl (C=O) groups is 1. The van der Waals surface area contributed by atoms with E-state index in [9.17, 15) is 17.6 Å². The predicted molar refractivity (Wildman–Crippen MR) is 81.4 cm³/mol. The van der Waals surface area contributed by atoms with E-state index in [0.717, 1.165) is 12.5 Å². The minimum Gasteiger partial charge on any atom is -0.307 e. The summed E-state index contributed by atoms with van der Waals surface area (Å²) in [5.74, 6) is -0.820. The zero-order chi connectivity index (χ0) is 16.3. The average Bonchev–Trinajstić information content (AvgIpc) is 2.48. The molecule has 1 amide bonds. The first-order valence-electron chi connectivity index (χ1n) is 6.19. The predicted octanol–water partition coefficient (Wildman–Crippen LogP) is 2.28. The molecule has 1 aromatic carbocycles. The Morgan fingerprint density at radius 2 is 1.82 bits per heavy atom. The van der Waals surface area contributed by atoms with Crippen molar-refractivity contribution in [1.82, 2.24) is 4.98 Å². The number of carbonyl (C=O) groups excluding carboxylic acids is 1. The number of aromatic nitrogens is 1. The van der Waals surface area contributed by atoms with Gasteiger partial charge >= 0.3 is 0 Å². The van der Waals surface area contributed by atoms with Gasteiger partial charge in [0, 0.05) is 11.8 Å². The molecule has 1 heterocycles. The molecule has 22 heavy (non-hydrogen) atoms. The summed E-state index contributed by atoms with van der Waals surface area (Å²) in [5.41, 5.74) is 0.623. The van der Waals surface area contributed by atoms with Gasteiger partial charge in [0.2, 0.25) is 0 Å². The molecule has 0 saturated carbocycles. The van der Waals surface area contributed by atoms with Gasteiger partial charge in [0.1, 0.15) is 11.6 Å². The van der Waals surface area contributed by atoms with Crippen molar-refractivity contribution in [3.8, 4) is 0 Å². The standard InChI is InChI=1S/C15H13FN2O3S/c1-10(11-3-6-13(7-4-11)22(2,20)21)15(19)18-14-8-5-12(16)9-17-14/h3-9H,1H2,2H3,(H,17,18,19). The number of hydrogen-bond acceptors (Lipinski definition) is 4. The van der Waals surface area contributed by atoms with Crippen LogP contribution in [-0.2, 0) is 14.6 Å². The maximum Gasteiger partial charge on any atom is 0.256 e. The van der Waals surface area contributed by atoms with Crippen molar-refractivity contribution in [3.05, 3.63) is 60.6 Å². The Balaban J connectivity index is 2.13. The number of nitrogens with zero attached hydrogens (tertiary/aromatic N) is 1. The van der Waals surface area contributed by atoms with Crippen LogP contribution in [0.25, 0.3) is 5.57 Å². The highest BCUT2D eigenvalue weighted by Crippen LogP contribution is 2.17. The van der Waals surface area contributed by atoms with Gasteiger partial charge in [-0.1, -0.05) is 18.7 Å². The molecule has 1 aromatic heterocycles. The van der Waals surface area contributed by atoms with Crippen molar-refractivity contribution in [1.29, 1.82) is 0 Å². The monoisotopic (exact) mass is 320 g/mol. The van der Waals surface area contributed by atoms with E-state index < -0.39 is 21.6 Å². The molecule has 0 bridgehead atoms. The number of pyridine rings is 1. The molecule has 0 atom stereocenters. The Labute approximate surface area is 127 Å². The third-order valence-electron chi connectivity index (χ3n) is 2.87. The highest BCUT2D eigenvalue weighted by Gasteiger charge is 2.12. The number of sulfone groups is 1. The largest absolute Gasteiger partial charge is 0.307 e. The second kappa shape index (κ2) is 6.07. The van der Waals surface area contributed by atoms with E-state index in [0.29, 0.717) is 5.56 Å². The van der Waals surface area contributed by atoms with Crippen molar-refractivity contribution < 1.29 is 17.6 Å². The molecule has 0 aliphatic heterocycles. The zero-order valence-electron chi connectivity index (χ0n) is 11.7. The molecule has 0 radical (unpaired) electrons. The summed E-state index contributed by atoms with van der Waals surface area (Å²) in [5, 5.41) is 2.48. The number of halogens is 1. The topological polar surface area (TPSA) is 76.1 Å². The first-order valence-corrected chi connectivity index (χ1v) is 8.09. The number of anilines is 1. The highest BCUT2D eigenvalue weighted by atomic mass is 32.2. The Bertz CT molecular complexity index is 813. The van der Waals surface area contributed by atoms with Crippen LogP contribution in [0, 0.1) is 5.82 Å². The lowest BCUT2D eigenvalue weighted by molar-refractivity contribution is -0.111. The van der Waals surface area contributed by atoms with E-state index in [1.807, 2.05) is 0 Å². The maximum atomic E-state index is 12.7. The van der Waals surface area contributed by atoms with Crippen LogP contribution in [0.3, 0.4) is 0 Å². The minimum absolute atomic E-state index is 0.145. The van der Waals surface area contributed by atoms with E-state index in [4.69, 9.17) is 0 Å². The molecule has 0 aliphatic rings. The molecule has 1 N–H and O–H groups in total. The molecule has 5 nitrogen and oxygen atoms in total. The van der Waals surface area contributed by atoms with Gasteiger partial charge in [0.05, 0.1) is 11.1 Å². The third-order valence-corrected chi connectivity index (χ3v) is 4.00. The van der Waals surface area contributed by atoms with Crippen LogP contribution in [0.2, 0.25) is 0 Å². The Hall–Kier alpha value is -2.54. The first kappa shape index (κ1) is 15.8. The van der Waals surface area contributed by atoms with Crippen molar-refractivity contribution in [2.45, 2.75) is 4.90 Å². The fraction of sp³-hybridized carbons (Fsp3) is 0.0667. The molecule has 2 rings (SSSR count). The lowest BCUT2D eigenvalue weighted by atomic mass is 10.1. The van der Waals surface area contributed by atoms with Crippen molar-refractivity contribution in [2.24, 2.45) is 0 Å². The van der Waals surface area contributed by atoms with Crippen molar-refractivity contribution in [2.75, 3.05) is 11.6 Å². The average molecular weight is 320 g/mol. The molecule has 0 unspecified atom stereocenters. The van der Waals surface area contributed by atoms with Crippen molar-refractivity contribution >= 4 is 27.1 Å². The highest BCUT2D eigenvalue weighted by molar-refractivity contribution is 7.90. The molecular weight excluding hydrogens is 307 g/mol. The fourth-order valence-corrected chi connectivity index (χ4v) is 2.31. The maximum absolute atomic E-state index is 12.7. The quantitative estimate of drug-likeness (QED) is 0.877. The van der Waals surface area contributed by atoms with Gasteiger partial charge in [0.15, 0.2) is 9.84 Å². The molecule has 0 fully saturated rings. The van der Waals surface area contributed by atoms with Gasteiger partial charge in [-0.15, -0.1) is 0 Å². The number of nitrogens with one attached hydrogen (secondary N) is 1. The number of hydrogen-bond donors (Lipinski definition) is 1. The van der Waals surface area contributed by atoms with E-state index in [1.165, 1.54) is 36.4 Å². The Morgan fingerprint density at radius 3 is 2.32 bits per heavy atom. The fourth-order valence-electron chi connectivity index (χ4n) is 1.68. The summed E-state index contributed by atoms with van der Waals surface area (Å²) in [6.07, 6.45) is 2.09. The molecule has 0 spiro atoms. The van der Waals surface area contributed by atoms with Crippen LogP contribution in [0.4, 0.5) is 10.2 Å². The number of benzene rings is 1. The third kappa shape index (κ3) is 3.76. The second-order valence-electron chi connectivity index (χ2n) is 4.59. The second-order valence-corrected chi connectivity index (χ2v) is 6.61. The minimum atomic E-state index is -3.29. The lowest BCUT2D eigenvalue weighted by Gasteiger charge is -2.08. The zero-order valence-corrected chi connectivity index (χ0v) is 12.5. The first-order chi connectivity index (χ1) is 10.3. The van der Waals surface area contributed by atoms with Gasteiger partial charge in [-0.3, -0.25) is 4.79 Å². The summed E-state index contributed by atoms with van der Waals surface area (Å²) in [4.78, 5) is 15.9. The van der Waals surface area contributed by atoms with Gasteiger partial charge in [-0.2, -0.15) is 0 Å². The molecule has 7 heteroatoms. The summed E-state index contributed by atoms with van der Waals surface area (Å²) in [7, 11) is -3.29. The normalized spacial score (nSPS) is 11.0. The summed E-state index contributed by atoms with van der Waals surface area (Å²) in [6.45, 7) is 3.67. The molecule has 0 aliphatic carbocycles. The lowest BCUT2D eigenvalue weighted by Crippen LogP contribution is -2.14. The summed E-state index contributed by atoms with van der Waals surface area (Å²) in [6, 6.07) is 8.30. The van der Waals surface area contributed by atoms with E-state index in [1.54, 1.807) is 0 Å². The van der Waals surface area contributed by atoms with Crippen LogP contribution >= 0.6 is 0 Å². The van der Waals surface area contributed by atoms with E-state index >= 15 is 0 Å². The molecule has 2 aromatic rings. The van der Waals surface area contributed by atoms with E-state index in [2.05, 4.69) is 16.9 Å². The number of amides is 1. The van der Waals surface area contributed by atoms with Gasteiger partial charge in [-0.25, -0.2) is 17.8 Å². The Morgan fingerprint density at radius 1 is 1.18 bits per heavy atom. The molecule has 0 saturated heterocycles. The van der Waals surface area contributed by atoms with Crippen molar-refractivity contribution in [3.63, 3.8) is 0 Å². The molecule has 114 valence electrons. The SMILES string of the molecule is C=C(C(=O)Nc1ccc(F)cn1)c1ccc(S(C)(=O)=O)cc1. The van der Waals surface area contributed by atoms with Gasteiger partial charge < -0.3 is 5.32 Å². The van der Waals surface area contributed by atoms with E-state index in [-0.39, 0.29) is 16.3 Å². The van der Waals surface area contributed by atoms with Crippen LogP contribution in [-0.4, -0.2) is 25.6 Å². The summed E-state index contributed by atoms with van der Waals surface area (Å²) < 4.78 is 35.5. The molecular formula is C15H13FN2O3S. The number of rotatable bonds is 4. The van der Waals surface area contributed by atoms with Gasteiger partial charge in [-0.05, 0) is 29.8 Å². The Kier molecular flexibility index (Phi) is 4.37. The summed E-state index contributed by atoms with van der Waals surface area (Å²) >= 11 is 0. The van der Waals surface area contributed by atoms with Gasteiger partial charge in [0.25, 0.3) is 5.91 Å². The van der Waals surface area contributed by atoms with Crippen LogP contribution in [0.1, 0.15) is 5.56 Å². The van der Waals surface area contributed by atoms with Crippen LogP contribution < -0.4 is 5.32 Å².